The Labute approximate surface area is 228 Å². The number of aromatic nitrogens is 1. The molecule has 7 nitrogen and oxygen atoms in total. The van der Waals surface area contributed by atoms with Gasteiger partial charge in [-0.3, -0.25) is 9.80 Å². The van der Waals surface area contributed by atoms with E-state index in [9.17, 15) is 9.18 Å². The molecule has 2 amide bonds. The van der Waals surface area contributed by atoms with Gasteiger partial charge in [-0.1, -0.05) is 36.2 Å². The van der Waals surface area contributed by atoms with Gasteiger partial charge in [0.15, 0.2) is 0 Å². The maximum atomic E-state index is 14.2. The summed E-state index contributed by atoms with van der Waals surface area (Å²) in [6.45, 7) is 7.46. The Morgan fingerprint density at radius 1 is 1.11 bits per heavy atom. The van der Waals surface area contributed by atoms with Crippen LogP contribution in [-0.4, -0.2) is 71.7 Å². The van der Waals surface area contributed by atoms with E-state index in [0.29, 0.717) is 46.0 Å². The number of piperidine rings is 1. The first kappa shape index (κ1) is 26.5. The molecule has 2 saturated heterocycles. The summed E-state index contributed by atoms with van der Waals surface area (Å²) >= 11 is 12.5. The van der Waals surface area contributed by atoms with Crippen LogP contribution in [-0.2, 0) is 6.54 Å². The zero-order valence-corrected chi connectivity index (χ0v) is 22.7. The number of halogens is 3. The van der Waals surface area contributed by atoms with Crippen LogP contribution in [0.4, 0.5) is 20.7 Å². The van der Waals surface area contributed by atoms with E-state index in [1.807, 2.05) is 0 Å². The number of amides is 2. The van der Waals surface area contributed by atoms with Crippen LogP contribution in [0.5, 0.6) is 0 Å². The smallest absolute Gasteiger partial charge is 0.319 e. The van der Waals surface area contributed by atoms with Crippen molar-refractivity contribution in [3.05, 3.63) is 51.9 Å². The SMILES string of the molecule is CC[C@H]1CN(c2ncc(NC(=O)NC3CC3)cc2Cl)CCN1C1CCN(Cc2ccc(Cl)cc2F)CC1. The van der Waals surface area contributed by atoms with E-state index in [4.69, 9.17) is 23.2 Å². The van der Waals surface area contributed by atoms with Crippen LogP contribution in [0.25, 0.3) is 0 Å². The molecule has 10 heteroatoms. The number of urea groups is 1. The number of piperazine rings is 1. The molecule has 1 saturated carbocycles. The highest BCUT2D eigenvalue weighted by molar-refractivity contribution is 6.33. The number of carbonyl (C=O) groups is 1. The molecule has 1 atom stereocenters. The van der Waals surface area contributed by atoms with Crippen LogP contribution < -0.4 is 15.5 Å². The summed E-state index contributed by atoms with van der Waals surface area (Å²) < 4.78 is 14.2. The van der Waals surface area contributed by atoms with Crippen LogP contribution in [0.3, 0.4) is 0 Å². The number of nitrogens with one attached hydrogen (secondary N) is 2. The normalized spacial score (nSPS) is 21.7. The van der Waals surface area contributed by atoms with Crippen molar-refractivity contribution in [1.82, 2.24) is 20.1 Å². The minimum absolute atomic E-state index is 0.211. The molecule has 1 aromatic carbocycles. The summed E-state index contributed by atoms with van der Waals surface area (Å²) in [5.74, 6) is 0.544. The van der Waals surface area contributed by atoms with Gasteiger partial charge in [0.25, 0.3) is 0 Å². The molecule has 200 valence electrons. The third-order valence-corrected chi connectivity index (χ3v) is 8.24. The molecule has 0 radical (unpaired) electrons. The molecule has 0 bridgehead atoms. The maximum absolute atomic E-state index is 14.2. The molecule has 3 heterocycles. The van der Waals surface area contributed by atoms with E-state index in [1.165, 1.54) is 6.07 Å². The summed E-state index contributed by atoms with van der Waals surface area (Å²) in [6, 6.07) is 7.75. The monoisotopic (exact) mass is 548 g/mol. The fourth-order valence-electron chi connectivity index (χ4n) is 5.52. The quantitative estimate of drug-likeness (QED) is 0.486. The van der Waals surface area contributed by atoms with Crippen molar-refractivity contribution in [3.8, 4) is 0 Å². The predicted octanol–water partition coefficient (Wildman–Crippen LogP) is 5.38. The number of nitrogens with zero attached hydrogens (tertiary/aromatic N) is 4. The fraction of sp³-hybridized carbons (Fsp3) is 0.556. The van der Waals surface area contributed by atoms with Gasteiger partial charge in [0.2, 0.25) is 0 Å². The lowest BCUT2D eigenvalue weighted by molar-refractivity contribution is 0.0607. The number of hydrogen-bond donors (Lipinski definition) is 2. The summed E-state index contributed by atoms with van der Waals surface area (Å²) in [5.41, 5.74) is 1.31. The molecule has 3 fully saturated rings. The van der Waals surface area contributed by atoms with Crippen LogP contribution >= 0.6 is 23.2 Å². The maximum Gasteiger partial charge on any atom is 0.319 e. The van der Waals surface area contributed by atoms with Crippen LogP contribution in [0.15, 0.2) is 30.5 Å². The van der Waals surface area contributed by atoms with Crippen LogP contribution in [0.1, 0.15) is 44.6 Å². The van der Waals surface area contributed by atoms with Crippen molar-refractivity contribution in [2.45, 2.75) is 63.7 Å². The molecule has 2 aromatic rings. The predicted molar refractivity (Wildman–Crippen MR) is 147 cm³/mol. The highest BCUT2D eigenvalue weighted by Crippen LogP contribution is 2.31. The standard InChI is InChI=1S/C27H35Cl2FN6O/c1-2-22-17-35(26-24(29)14-21(15-31-26)33-27(37)32-20-5-6-20)11-12-36(22)23-7-9-34(10-8-23)16-18-3-4-19(28)13-25(18)30/h3-4,13-15,20,22-23H,2,5-12,16-17H2,1H3,(H2,32,33,37)/t22-/m0/s1. The second kappa shape index (κ2) is 11.7. The first-order chi connectivity index (χ1) is 17.9. The lowest BCUT2D eigenvalue weighted by Crippen LogP contribution is -2.58. The first-order valence-electron chi connectivity index (χ1n) is 13.3. The number of pyridine rings is 1. The molecule has 1 aromatic heterocycles. The van der Waals surface area contributed by atoms with Crippen molar-refractivity contribution < 1.29 is 9.18 Å². The Morgan fingerprint density at radius 2 is 1.89 bits per heavy atom. The van der Waals surface area contributed by atoms with Gasteiger partial charge in [-0.25, -0.2) is 14.2 Å². The van der Waals surface area contributed by atoms with Gasteiger partial charge in [0, 0.05) is 54.9 Å². The topological polar surface area (TPSA) is 63.7 Å². The Morgan fingerprint density at radius 3 is 2.57 bits per heavy atom. The number of hydrogen-bond acceptors (Lipinski definition) is 5. The average Bonchev–Trinajstić information content (AvgIpc) is 3.70. The summed E-state index contributed by atoms with van der Waals surface area (Å²) in [4.78, 5) is 23.9. The minimum Gasteiger partial charge on any atom is -0.353 e. The third-order valence-electron chi connectivity index (χ3n) is 7.73. The van der Waals surface area contributed by atoms with Gasteiger partial charge >= 0.3 is 6.03 Å². The molecule has 37 heavy (non-hydrogen) atoms. The molecular formula is C27H35Cl2FN6O. The van der Waals surface area contributed by atoms with Crippen molar-refractivity contribution in [2.75, 3.05) is 42.9 Å². The molecule has 0 spiro atoms. The molecule has 2 aliphatic heterocycles. The third kappa shape index (κ3) is 6.66. The van der Waals surface area contributed by atoms with Gasteiger partial charge in [-0.15, -0.1) is 0 Å². The lowest BCUT2D eigenvalue weighted by atomic mass is 9.97. The van der Waals surface area contributed by atoms with Crippen molar-refractivity contribution in [2.24, 2.45) is 0 Å². The Kier molecular flexibility index (Phi) is 8.39. The van der Waals surface area contributed by atoms with E-state index >= 15 is 0 Å². The number of carbonyl (C=O) groups excluding carboxylic acids is 1. The first-order valence-corrected chi connectivity index (χ1v) is 14.0. The number of likely N-dealkylation sites (tertiary alicyclic amines) is 1. The van der Waals surface area contributed by atoms with Gasteiger partial charge in [0.05, 0.1) is 16.9 Å². The molecule has 3 aliphatic rings. The van der Waals surface area contributed by atoms with E-state index in [2.05, 4.69) is 37.2 Å². The second-order valence-electron chi connectivity index (χ2n) is 10.4. The summed E-state index contributed by atoms with van der Waals surface area (Å²) in [7, 11) is 0. The van der Waals surface area contributed by atoms with Crippen molar-refractivity contribution >= 4 is 40.7 Å². The van der Waals surface area contributed by atoms with Gasteiger partial charge in [-0.2, -0.15) is 0 Å². The Balaban J connectivity index is 1.14. The number of rotatable bonds is 7. The lowest BCUT2D eigenvalue weighted by Gasteiger charge is -2.47. The van der Waals surface area contributed by atoms with E-state index in [0.717, 1.165) is 70.6 Å². The summed E-state index contributed by atoms with van der Waals surface area (Å²) in [6.07, 6.45) is 6.96. The van der Waals surface area contributed by atoms with Gasteiger partial charge in [0.1, 0.15) is 11.6 Å². The average molecular weight is 550 g/mol. The number of anilines is 2. The zero-order chi connectivity index (χ0) is 25.9. The molecule has 0 unspecified atom stereocenters. The molecular weight excluding hydrogens is 514 g/mol. The van der Waals surface area contributed by atoms with Gasteiger partial charge in [-0.05, 0) is 63.4 Å². The highest BCUT2D eigenvalue weighted by atomic mass is 35.5. The largest absolute Gasteiger partial charge is 0.353 e. The number of benzene rings is 1. The molecule has 1 aliphatic carbocycles. The van der Waals surface area contributed by atoms with Gasteiger partial charge < -0.3 is 15.5 Å². The van der Waals surface area contributed by atoms with Crippen LogP contribution in [0.2, 0.25) is 10.0 Å². The van der Waals surface area contributed by atoms with Crippen molar-refractivity contribution in [3.63, 3.8) is 0 Å². The summed E-state index contributed by atoms with van der Waals surface area (Å²) in [5, 5.41) is 6.72. The molecule has 5 rings (SSSR count). The van der Waals surface area contributed by atoms with E-state index < -0.39 is 0 Å². The van der Waals surface area contributed by atoms with E-state index in [-0.39, 0.29) is 11.8 Å². The van der Waals surface area contributed by atoms with E-state index in [1.54, 1.807) is 24.4 Å². The zero-order valence-electron chi connectivity index (χ0n) is 21.2. The highest BCUT2D eigenvalue weighted by Gasteiger charge is 2.34. The molecule has 2 N–H and O–H groups in total. The fourth-order valence-corrected chi connectivity index (χ4v) is 5.96. The minimum atomic E-state index is -0.227. The van der Waals surface area contributed by atoms with Crippen molar-refractivity contribution in [1.29, 1.82) is 0 Å². The Hall–Kier alpha value is -2.13. The second-order valence-corrected chi connectivity index (χ2v) is 11.2. The Bertz CT molecular complexity index is 1110. The van der Waals surface area contributed by atoms with Crippen LogP contribution in [0, 0.1) is 5.82 Å².